The van der Waals surface area contributed by atoms with Crippen LogP contribution >= 0.6 is 11.6 Å². The predicted octanol–water partition coefficient (Wildman–Crippen LogP) is 5.13. The van der Waals surface area contributed by atoms with Crippen LogP contribution < -0.4 is 14.8 Å². The number of rotatable bonds is 9. The molecule has 33 heavy (non-hydrogen) atoms. The first-order chi connectivity index (χ1) is 15.7. The molecule has 0 atom stereocenters. The Labute approximate surface area is 200 Å². The van der Waals surface area contributed by atoms with Crippen LogP contribution in [0.1, 0.15) is 34.0 Å². The van der Waals surface area contributed by atoms with Gasteiger partial charge in [-0.2, -0.15) is 0 Å². The molecular weight excluding hydrogens is 460 g/mol. The first-order valence-corrected chi connectivity index (χ1v) is 12.5. The lowest BCUT2D eigenvalue weighted by molar-refractivity contribution is 0.0947. The second-order valence-electron chi connectivity index (χ2n) is 7.65. The van der Waals surface area contributed by atoms with Gasteiger partial charge in [0.05, 0.1) is 11.6 Å². The third-order valence-electron chi connectivity index (χ3n) is 5.23. The van der Waals surface area contributed by atoms with E-state index in [1.165, 1.54) is 23.8 Å². The SMILES string of the molecule is CCc1ccc(OCCNC(=O)c2ccc(Cl)c(S(=O)(=O)Nc3ccc(C)c(C)c3)c2)cc1. The normalized spacial score (nSPS) is 11.2. The summed E-state index contributed by atoms with van der Waals surface area (Å²) >= 11 is 6.15. The number of nitrogens with one attached hydrogen (secondary N) is 2. The van der Waals surface area contributed by atoms with Gasteiger partial charge in [-0.15, -0.1) is 0 Å². The van der Waals surface area contributed by atoms with Crippen molar-refractivity contribution in [3.05, 3.63) is 87.9 Å². The summed E-state index contributed by atoms with van der Waals surface area (Å²) in [6.07, 6.45) is 0.954. The van der Waals surface area contributed by atoms with Crippen LogP contribution in [0.3, 0.4) is 0 Å². The minimum atomic E-state index is -3.98. The number of hydrogen-bond donors (Lipinski definition) is 2. The quantitative estimate of drug-likeness (QED) is 0.411. The van der Waals surface area contributed by atoms with Crippen LogP contribution in [0.5, 0.6) is 5.75 Å². The molecule has 0 aliphatic heterocycles. The van der Waals surface area contributed by atoms with Crippen LogP contribution in [0, 0.1) is 13.8 Å². The van der Waals surface area contributed by atoms with E-state index in [4.69, 9.17) is 16.3 Å². The minimum Gasteiger partial charge on any atom is -0.492 e. The molecule has 6 nitrogen and oxygen atoms in total. The molecule has 0 unspecified atom stereocenters. The van der Waals surface area contributed by atoms with Crippen LogP contribution in [0.2, 0.25) is 5.02 Å². The largest absolute Gasteiger partial charge is 0.492 e. The van der Waals surface area contributed by atoms with E-state index < -0.39 is 15.9 Å². The van der Waals surface area contributed by atoms with Gasteiger partial charge in [0.1, 0.15) is 17.3 Å². The fourth-order valence-corrected chi connectivity index (χ4v) is 4.70. The highest BCUT2D eigenvalue weighted by atomic mass is 35.5. The van der Waals surface area contributed by atoms with Crippen molar-refractivity contribution in [1.29, 1.82) is 0 Å². The van der Waals surface area contributed by atoms with Gasteiger partial charge in [-0.3, -0.25) is 9.52 Å². The highest BCUT2D eigenvalue weighted by Crippen LogP contribution is 2.26. The van der Waals surface area contributed by atoms with Gasteiger partial charge in [0.2, 0.25) is 0 Å². The van der Waals surface area contributed by atoms with Crippen molar-refractivity contribution in [2.45, 2.75) is 32.1 Å². The van der Waals surface area contributed by atoms with Crippen LogP contribution in [0.4, 0.5) is 5.69 Å². The van der Waals surface area contributed by atoms with E-state index in [0.29, 0.717) is 5.69 Å². The Balaban J connectivity index is 1.64. The lowest BCUT2D eigenvalue weighted by Gasteiger charge is -2.13. The second-order valence-corrected chi connectivity index (χ2v) is 9.71. The van der Waals surface area contributed by atoms with E-state index in [2.05, 4.69) is 17.0 Å². The van der Waals surface area contributed by atoms with Gasteiger partial charge < -0.3 is 10.1 Å². The van der Waals surface area contributed by atoms with E-state index >= 15 is 0 Å². The van der Waals surface area contributed by atoms with Gasteiger partial charge in [-0.25, -0.2) is 8.42 Å². The lowest BCUT2D eigenvalue weighted by Crippen LogP contribution is -2.28. The van der Waals surface area contributed by atoms with Crippen LogP contribution in [-0.4, -0.2) is 27.5 Å². The standard InChI is InChI=1S/C25H27ClN2O4S/c1-4-19-6-10-22(11-7-19)32-14-13-27-25(29)20-8-12-23(26)24(16-20)33(30,31)28-21-9-5-17(2)18(3)15-21/h5-12,15-16,28H,4,13-14H2,1-3H3,(H,27,29). The van der Waals surface area contributed by atoms with E-state index in [1.54, 1.807) is 12.1 Å². The molecule has 8 heteroatoms. The maximum Gasteiger partial charge on any atom is 0.263 e. The summed E-state index contributed by atoms with van der Waals surface area (Å²) in [6, 6.07) is 17.2. The van der Waals surface area contributed by atoms with E-state index in [9.17, 15) is 13.2 Å². The van der Waals surface area contributed by atoms with Crippen molar-refractivity contribution in [3.63, 3.8) is 0 Å². The van der Waals surface area contributed by atoms with E-state index in [1.807, 2.05) is 44.2 Å². The molecule has 3 aromatic rings. The molecule has 0 spiro atoms. The number of anilines is 1. The third kappa shape index (κ3) is 6.49. The summed E-state index contributed by atoms with van der Waals surface area (Å²) in [7, 11) is -3.98. The van der Waals surface area contributed by atoms with Gasteiger partial charge in [0.15, 0.2) is 0 Å². The van der Waals surface area contributed by atoms with Crippen molar-refractivity contribution in [1.82, 2.24) is 5.32 Å². The first kappa shape index (κ1) is 24.6. The number of sulfonamides is 1. The zero-order valence-corrected chi connectivity index (χ0v) is 20.4. The molecule has 2 N–H and O–H groups in total. The molecule has 1 amide bonds. The number of ether oxygens (including phenoxy) is 1. The smallest absolute Gasteiger partial charge is 0.263 e. The third-order valence-corrected chi connectivity index (χ3v) is 7.09. The van der Waals surface area contributed by atoms with Crippen molar-refractivity contribution in [2.75, 3.05) is 17.9 Å². The Morgan fingerprint density at radius 2 is 1.70 bits per heavy atom. The number of carbonyl (C=O) groups is 1. The van der Waals surface area contributed by atoms with Gasteiger partial charge in [-0.1, -0.05) is 36.7 Å². The Bertz CT molecular complexity index is 1240. The second kappa shape index (κ2) is 10.7. The van der Waals surface area contributed by atoms with Crippen molar-refractivity contribution in [2.24, 2.45) is 0 Å². The van der Waals surface area contributed by atoms with Gasteiger partial charge in [-0.05, 0) is 79.4 Å². The van der Waals surface area contributed by atoms with Gasteiger partial charge >= 0.3 is 0 Å². The molecule has 3 aromatic carbocycles. The molecule has 0 fully saturated rings. The summed E-state index contributed by atoms with van der Waals surface area (Å²) in [4.78, 5) is 12.4. The highest BCUT2D eigenvalue weighted by Gasteiger charge is 2.20. The van der Waals surface area contributed by atoms with Crippen LogP contribution in [0.15, 0.2) is 65.6 Å². The molecule has 0 saturated heterocycles. The zero-order chi connectivity index (χ0) is 24.0. The van der Waals surface area contributed by atoms with Gasteiger partial charge in [0, 0.05) is 11.3 Å². The fraction of sp³-hybridized carbons (Fsp3) is 0.240. The molecular formula is C25H27ClN2O4S. The minimum absolute atomic E-state index is 0.0294. The highest BCUT2D eigenvalue weighted by molar-refractivity contribution is 7.92. The van der Waals surface area contributed by atoms with Crippen molar-refractivity contribution < 1.29 is 17.9 Å². The average molecular weight is 487 g/mol. The van der Waals surface area contributed by atoms with Crippen LogP contribution in [0.25, 0.3) is 0 Å². The molecule has 0 radical (unpaired) electrons. The lowest BCUT2D eigenvalue weighted by atomic mass is 10.1. The molecule has 0 aliphatic carbocycles. The molecule has 174 valence electrons. The maximum atomic E-state index is 12.9. The van der Waals surface area contributed by atoms with E-state index in [-0.39, 0.29) is 28.6 Å². The summed E-state index contributed by atoms with van der Waals surface area (Å²) in [5, 5.41) is 2.76. The molecule has 0 bridgehead atoms. The molecule has 0 aromatic heterocycles. The number of hydrogen-bond acceptors (Lipinski definition) is 4. The number of amides is 1. The summed E-state index contributed by atoms with van der Waals surface area (Å²) in [5.74, 6) is 0.304. The number of benzene rings is 3. The molecule has 3 rings (SSSR count). The van der Waals surface area contributed by atoms with Crippen molar-refractivity contribution >= 4 is 33.2 Å². The number of carbonyl (C=O) groups excluding carboxylic acids is 1. The summed E-state index contributed by atoms with van der Waals surface area (Å²) in [6.45, 7) is 6.47. The molecule has 0 saturated carbocycles. The van der Waals surface area contributed by atoms with E-state index in [0.717, 1.165) is 23.3 Å². The Hall–Kier alpha value is -3.03. The topological polar surface area (TPSA) is 84.5 Å². The number of aryl methyl sites for hydroxylation is 3. The van der Waals surface area contributed by atoms with Crippen LogP contribution in [-0.2, 0) is 16.4 Å². The van der Waals surface area contributed by atoms with Gasteiger partial charge in [0.25, 0.3) is 15.9 Å². The molecule has 0 aliphatic rings. The zero-order valence-electron chi connectivity index (χ0n) is 18.8. The summed E-state index contributed by atoms with van der Waals surface area (Å²) in [5.41, 5.74) is 3.84. The number of halogens is 1. The predicted molar refractivity (Wildman–Crippen MR) is 132 cm³/mol. The van der Waals surface area contributed by atoms with Crippen molar-refractivity contribution in [3.8, 4) is 5.75 Å². The maximum absolute atomic E-state index is 12.9. The Kier molecular flexibility index (Phi) is 8.00. The Morgan fingerprint density at radius 1 is 0.970 bits per heavy atom. The molecule has 0 heterocycles. The Morgan fingerprint density at radius 3 is 2.36 bits per heavy atom. The first-order valence-electron chi connectivity index (χ1n) is 10.6. The average Bonchev–Trinajstić information content (AvgIpc) is 2.79. The monoisotopic (exact) mass is 486 g/mol. The fourth-order valence-electron chi connectivity index (χ4n) is 3.12. The summed E-state index contributed by atoms with van der Waals surface area (Å²) < 4.78 is 34.0.